The van der Waals surface area contributed by atoms with E-state index >= 15 is 0 Å². The summed E-state index contributed by atoms with van der Waals surface area (Å²) >= 11 is 1.79. The molecular formula is C18H22INO5. The fraction of sp³-hybridized carbons (Fsp3) is 0.444. The van der Waals surface area contributed by atoms with Crippen molar-refractivity contribution >= 4 is 34.7 Å². The van der Waals surface area contributed by atoms with Gasteiger partial charge < -0.3 is 19.5 Å². The number of alkyl halides is 1. The van der Waals surface area contributed by atoms with Crippen LogP contribution in [0.3, 0.4) is 0 Å². The number of ether oxygens (including phenoxy) is 3. The maximum absolute atomic E-state index is 12.2. The zero-order chi connectivity index (χ0) is 18.9. The van der Waals surface area contributed by atoms with Crippen LogP contribution in [0.5, 0.6) is 0 Å². The fourth-order valence-corrected chi connectivity index (χ4v) is 1.96. The smallest absolute Gasteiger partial charge is 0.408 e. The number of benzene rings is 1. The monoisotopic (exact) mass is 459 g/mol. The highest BCUT2D eigenvalue weighted by molar-refractivity contribution is 14.1. The van der Waals surface area contributed by atoms with Crippen LogP contribution in [0, 0.1) is 12.3 Å². The Morgan fingerprint density at radius 3 is 2.48 bits per heavy atom. The third-order valence-electron chi connectivity index (χ3n) is 2.72. The largest absolute Gasteiger partial charge is 0.444 e. The lowest BCUT2D eigenvalue weighted by atomic mass is 10.2. The molecule has 0 aliphatic carbocycles. The van der Waals surface area contributed by atoms with E-state index in [0.717, 1.165) is 5.56 Å². The molecule has 1 N–H and O–H groups in total. The predicted octanol–water partition coefficient (Wildman–Crippen LogP) is 3.03. The van der Waals surface area contributed by atoms with E-state index in [1.54, 1.807) is 43.4 Å². The van der Waals surface area contributed by atoms with Gasteiger partial charge in [-0.05, 0) is 48.9 Å². The summed E-state index contributed by atoms with van der Waals surface area (Å²) in [5.74, 6) is 1.60. The van der Waals surface area contributed by atoms with E-state index in [9.17, 15) is 9.59 Å². The second-order valence-corrected chi connectivity index (χ2v) is 7.25. The van der Waals surface area contributed by atoms with Gasteiger partial charge in [-0.3, -0.25) is 0 Å². The zero-order valence-electron chi connectivity index (χ0n) is 14.5. The van der Waals surface area contributed by atoms with Gasteiger partial charge in [0.1, 0.15) is 5.60 Å². The van der Waals surface area contributed by atoms with E-state index in [1.165, 1.54) is 0 Å². The van der Waals surface area contributed by atoms with Crippen LogP contribution in [-0.2, 0) is 25.6 Å². The van der Waals surface area contributed by atoms with Gasteiger partial charge in [-0.2, -0.15) is 0 Å². The van der Waals surface area contributed by atoms with E-state index in [-0.39, 0.29) is 6.61 Å². The second-order valence-electron chi connectivity index (χ2n) is 6.12. The fourth-order valence-electron chi connectivity index (χ4n) is 1.71. The topological polar surface area (TPSA) is 73.9 Å². The van der Waals surface area contributed by atoms with Gasteiger partial charge in [-0.15, -0.1) is 6.42 Å². The first-order chi connectivity index (χ1) is 11.7. The molecule has 1 aromatic rings. The third-order valence-corrected chi connectivity index (χ3v) is 3.34. The molecule has 7 heteroatoms. The number of hydrogen-bond acceptors (Lipinski definition) is 5. The summed E-state index contributed by atoms with van der Waals surface area (Å²) in [5.41, 5.74) is 0.260. The minimum atomic E-state index is -1.02. The Hall–Kier alpha value is -1.79. The van der Waals surface area contributed by atoms with E-state index in [4.69, 9.17) is 20.6 Å². The molecule has 0 heterocycles. The van der Waals surface area contributed by atoms with Crippen molar-refractivity contribution in [1.82, 2.24) is 5.32 Å². The Morgan fingerprint density at radius 2 is 1.92 bits per heavy atom. The highest BCUT2D eigenvalue weighted by Crippen LogP contribution is 2.09. The molecule has 25 heavy (non-hydrogen) atoms. The van der Waals surface area contributed by atoms with E-state index in [1.807, 2.05) is 30.3 Å². The van der Waals surface area contributed by atoms with E-state index in [0.29, 0.717) is 6.61 Å². The lowest BCUT2D eigenvalue weighted by Gasteiger charge is -2.23. The second kappa shape index (κ2) is 10.3. The van der Waals surface area contributed by atoms with Gasteiger partial charge in [0.25, 0.3) is 0 Å². The standard InChI is InChI=1S/C18H22INO5/c1-5-15(19)24-16(21)14(20-17(22)25-18(2,3)4)12-23-11-13-9-7-6-8-10-13/h1,6-10,14-15H,11-12H2,2-4H3,(H,20,22)/t14-,15?/m0/s1. The summed E-state index contributed by atoms with van der Waals surface area (Å²) in [6.07, 6.45) is 4.47. The molecule has 0 aliphatic rings. The predicted molar refractivity (Wildman–Crippen MR) is 102 cm³/mol. The van der Waals surface area contributed by atoms with Crippen LogP contribution in [0.4, 0.5) is 4.79 Å². The van der Waals surface area contributed by atoms with Crippen LogP contribution in [-0.4, -0.2) is 34.4 Å². The van der Waals surface area contributed by atoms with Crippen LogP contribution < -0.4 is 5.32 Å². The molecule has 1 aromatic carbocycles. The van der Waals surface area contributed by atoms with Gasteiger partial charge >= 0.3 is 12.1 Å². The zero-order valence-corrected chi connectivity index (χ0v) is 16.6. The van der Waals surface area contributed by atoms with Crippen molar-refractivity contribution in [3.63, 3.8) is 0 Å². The maximum Gasteiger partial charge on any atom is 0.408 e. The van der Waals surface area contributed by atoms with Crippen LogP contribution in [0.2, 0.25) is 0 Å². The number of hydrogen-bond donors (Lipinski definition) is 1. The number of nitrogens with one attached hydrogen (secondary N) is 1. The molecule has 0 bridgehead atoms. The number of carbonyl (C=O) groups excluding carboxylic acids is 2. The Bertz CT molecular complexity index is 606. The summed E-state index contributed by atoms with van der Waals surface area (Å²) in [5, 5.41) is 2.46. The average molecular weight is 459 g/mol. The van der Waals surface area contributed by atoms with Gasteiger partial charge in [0, 0.05) is 0 Å². The van der Waals surface area contributed by atoms with Crippen molar-refractivity contribution in [2.24, 2.45) is 0 Å². The highest BCUT2D eigenvalue weighted by atomic mass is 127. The summed E-state index contributed by atoms with van der Waals surface area (Å²) < 4.78 is 15.0. The van der Waals surface area contributed by atoms with Gasteiger partial charge in [-0.1, -0.05) is 36.3 Å². The highest BCUT2D eigenvalue weighted by Gasteiger charge is 2.27. The molecule has 0 radical (unpaired) electrons. The third kappa shape index (κ3) is 9.31. The molecule has 0 fully saturated rings. The summed E-state index contributed by atoms with van der Waals surface area (Å²) in [6, 6.07) is 8.44. The number of alkyl carbamates (subject to hydrolysis) is 1. The van der Waals surface area contributed by atoms with E-state index in [2.05, 4.69) is 11.2 Å². The normalized spacial score (nSPS) is 13.2. The number of carbonyl (C=O) groups is 2. The van der Waals surface area contributed by atoms with Crippen molar-refractivity contribution < 1.29 is 23.8 Å². The SMILES string of the molecule is C#CC(I)OC(=O)[C@H](COCc1ccccc1)NC(=O)OC(C)(C)C. The molecule has 0 spiro atoms. The van der Waals surface area contributed by atoms with Crippen LogP contribution in [0.1, 0.15) is 26.3 Å². The molecule has 136 valence electrons. The minimum absolute atomic E-state index is 0.0685. The van der Waals surface area contributed by atoms with Gasteiger partial charge in [0.05, 0.1) is 13.2 Å². The number of esters is 1. The Balaban J connectivity index is 2.65. The molecule has 1 rings (SSSR count). The van der Waals surface area contributed by atoms with Crippen LogP contribution in [0.25, 0.3) is 0 Å². The molecule has 6 nitrogen and oxygen atoms in total. The Labute approximate surface area is 161 Å². The van der Waals surface area contributed by atoms with Gasteiger partial charge in [0.15, 0.2) is 6.04 Å². The molecule has 0 aromatic heterocycles. The van der Waals surface area contributed by atoms with Gasteiger partial charge in [-0.25, -0.2) is 9.59 Å². The maximum atomic E-state index is 12.2. The Kier molecular flexibility index (Phi) is 8.72. The quantitative estimate of drug-likeness (QED) is 0.294. The lowest BCUT2D eigenvalue weighted by Crippen LogP contribution is -2.47. The first-order valence-electron chi connectivity index (χ1n) is 7.63. The molecule has 0 aliphatic heterocycles. The minimum Gasteiger partial charge on any atom is -0.444 e. The van der Waals surface area contributed by atoms with E-state index < -0.39 is 27.8 Å². The number of halogens is 1. The molecular weight excluding hydrogens is 437 g/mol. The average Bonchev–Trinajstić information content (AvgIpc) is 2.53. The number of amides is 1. The molecule has 1 amide bonds. The van der Waals surface area contributed by atoms with Crippen molar-refractivity contribution in [2.75, 3.05) is 6.61 Å². The molecule has 0 saturated heterocycles. The van der Waals surface area contributed by atoms with Crippen LogP contribution >= 0.6 is 22.6 Å². The molecule has 2 atom stereocenters. The summed E-state index contributed by atoms with van der Waals surface area (Å²) in [4.78, 5) is 24.1. The van der Waals surface area contributed by atoms with Crippen molar-refractivity contribution in [1.29, 1.82) is 0 Å². The first-order valence-corrected chi connectivity index (χ1v) is 8.87. The summed E-state index contributed by atoms with van der Waals surface area (Å²) in [7, 11) is 0. The molecule has 1 unspecified atom stereocenters. The number of rotatable bonds is 7. The van der Waals surface area contributed by atoms with Gasteiger partial charge in [0.2, 0.25) is 4.11 Å². The van der Waals surface area contributed by atoms with Crippen molar-refractivity contribution in [2.45, 2.75) is 43.1 Å². The Morgan fingerprint density at radius 1 is 1.28 bits per heavy atom. The number of terminal acetylenes is 1. The lowest BCUT2D eigenvalue weighted by molar-refractivity contribution is -0.147. The summed E-state index contributed by atoms with van der Waals surface area (Å²) in [6.45, 7) is 5.41. The van der Waals surface area contributed by atoms with Crippen molar-refractivity contribution in [3.05, 3.63) is 35.9 Å². The molecule has 0 saturated carbocycles. The van der Waals surface area contributed by atoms with Crippen LogP contribution in [0.15, 0.2) is 30.3 Å². The van der Waals surface area contributed by atoms with Crippen molar-refractivity contribution in [3.8, 4) is 12.3 Å². The first kappa shape index (κ1) is 21.3.